The molecule has 0 radical (unpaired) electrons. The van der Waals surface area contributed by atoms with Crippen molar-refractivity contribution < 1.29 is 18.9 Å². The van der Waals surface area contributed by atoms with Crippen LogP contribution in [0.25, 0.3) is 11.3 Å². The largest absolute Gasteiger partial charge is 0.451 e. The lowest BCUT2D eigenvalue weighted by Gasteiger charge is -2.30. The first-order valence-electron chi connectivity index (χ1n) is 10.0. The van der Waals surface area contributed by atoms with Gasteiger partial charge in [-0.3, -0.25) is 20.2 Å². The van der Waals surface area contributed by atoms with Crippen molar-refractivity contribution in [3.05, 3.63) is 75.5 Å². The molecule has 33 heavy (non-hydrogen) atoms. The molecule has 170 valence electrons. The number of rotatable bonds is 5. The number of carbonyl (C=O) groups is 1. The molecule has 4 rings (SSSR count). The number of anilines is 2. The summed E-state index contributed by atoms with van der Waals surface area (Å²) in [6, 6.07) is 14.5. The van der Waals surface area contributed by atoms with E-state index in [0.717, 1.165) is 18.8 Å². The van der Waals surface area contributed by atoms with Gasteiger partial charge in [-0.05, 0) is 48.6 Å². The van der Waals surface area contributed by atoms with E-state index in [1.165, 1.54) is 18.2 Å². The third-order valence-electron chi connectivity index (χ3n) is 4.98. The number of carbonyl (C=O) groups excluding carboxylic acids is 1. The highest BCUT2D eigenvalue weighted by Gasteiger charge is 2.21. The number of hydrogen-bond donors (Lipinski definition) is 2. The van der Waals surface area contributed by atoms with E-state index in [1.54, 1.807) is 30.3 Å². The molecule has 1 aliphatic rings. The highest BCUT2D eigenvalue weighted by Crippen LogP contribution is 2.31. The van der Waals surface area contributed by atoms with Crippen LogP contribution in [0, 0.1) is 10.1 Å². The molecule has 9 nitrogen and oxygen atoms in total. The zero-order valence-electron chi connectivity index (χ0n) is 17.2. The fourth-order valence-corrected chi connectivity index (χ4v) is 3.83. The summed E-state index contributed by atoms with van der Waals surface area (Å²) in [5, 5.41) is 17.4. The standard InChI is InChI=1S/C22H19ClN4O5S/c23-14-5-6-18(26-9-11-31-12-10-26)16(13-14)24-22(33)25-21(28)20-8-7-19(32-20)15-3-1-2-4-17(15)27(29)30/h1-8,13H,9-12H2,(H2,24,25,28,33). The molecule has 0 spiro atoms. The summed E-state index contributed by atoms with van der Waals surface area (Å²) in [7, 11) is 0. The van der Waals surface area contributed by atoms with Gasteiger partial charge >= 0.3 is 0 Å². The predicted molar refractivity (Wildman–Crippen MR) is 129 cm³/mol. The number of ether oxygens (including phenoxy) is 1. The SMILES string of the molecule is O=C(NC(=S)Nc1cc(Cl)ccc1N1CCOCC1)c1ccc(-c2ccccc2[N+](=O)[O-])o1. The molecule has 1 fully saturated rings. The fraction of sp³-hybridized carbons (Fsp3) is 0.182. The average Bonchev–Trinajstić information content (AvgIpc) is 3.30. The number of thiocarbonyl (C=S) groups is 1. The van der Waals surface area contributed by atoms with E-state index in [4.69, 9.17) is 33.0 Å². The maximum Gasteiger partial charge on any atom is 0.293 e. The van der Waals surface area contributed by atoms with Gasteiger partial charge in [0.2, 0.25) is 0 Å². The average molecular weight is 487 g/mol. The summed E-state index contributed by atoms with van der Waals surface area (Å²) >= 11 is 11.5. The van der Waals surface area contributed by atoms with Crippen LogP contribution in [0.5, 0.6) is 0 Å². The molecule has 0 bridgehead atoms. The van der Waals surface area contributed by atoms with Crippen LogP contribution < -0.4 is 15.5 Å². The predicted octanol–water partition coefficient (Wildman–Crippen LogP) is 4.47. The molecule has 2 aromatic carbocycles. The first kappa shape index (κ1) is 22.7. The molecule has 1 amide bonds. The van der Waals surface area contributed by atoms with Gasteiger partial charge in [-0.25, -0.2) is 0 Å². The van der Waals surface area contributed by atoms with Crippen molar-refractivity contribution >= 4 is 51.9 Å². The first-order valence-corrected chi connectivity index (χ1v) is 10.8. The van der Waals surface area contributed by atoms with E-state index < -0.39 is 10.8 Å². The monoisotopic (exact) mass is 486 g/mol. The lowest BCUT2D eigenvalue weighted by atomic mass is 10.1. The molecule has 2 N–H and O–H groups in total. The number of halogens is 1. The van der Waals surface area contributed by atoms with Gasteiger partial charge in [0.05, 0.1) is 35.1 Å². The smallest absolute Gasteiger partial charge is 0.293 e. The summed E-state index contributed by atoms with van der Waals surface area (Å²) in [6.07, 6.45) is 0. The maximum absolute atomic E-state index is 12.6. The lowest BCUT2D eigenvalue weighted by molar-refractivity contribution is -0.384. The minimum Gasteiger partial charge on any atom is -0.451 e. The Hall–Kier alpha value is -3.47. The normalized spacial score (nSPS) is 13.4. The van der Waals surface area contributed by atoms with Crippen LogP contribution in [0.15, 0.2) is 59.0 Å². The number of hydrogen-bond acceptors (Lipinski definition) is 7. The number of nitrogens with zero attached hydrogens (tertiary/aromatic N) is 2. The Balaban J connectivity index is 1.47. The van der Waals surface area contributed by atoms with E-state index in [0.29, 0.717) is 23.9 Å². The number of nitro groups is 1. The van der Waals surface area contributed by atoms with Crippen LogP contribution in [0.3, 0.4) is 0 Å². The summed E-state index contributed by atoms with van der Waals surface area (Å²) in [5.41, 5.74) is 1.69. The molecule has 1 saturated heterocycles. The molecule has 1 aliphatic heterocycles. The van der Waals surface area contributed by atoms with Crippen molar-refractivity contribution in [3.8, 4) is 11.3 Å². The second kappa shape index (κ2) is 9.99. The minimum atomic E-state index is -0.590. The van der Waals surface area contributed by atoms with Gasteiger partial charge in [0.15, 0.2) is 10.9 Å². The van der Waals surface area contributed by atoms with Crippen molar-refractivity contribution in [2.75, 3.05) is 36.5 Å². The Morgan fingerprint density at radius 3 is 2.64 bits per heavy atom. The summed E-state index contributed by atoms with van der Waals surface area (Å²) in [4.78, 5) is 25.5. The van der Waals surface area contributed by atoms with Gasteiger partial charge in [-0.15, -0.1) is 0 Å². The van der Waals surface area contributed by atoms with Gasteiger partial charge in [-0.2, -0.15) is 0 Å². The van der Waals surface area contributed by atoms with Gasteiger partial charge in [0.25, 0.3) is 11.6 Å². The highest BCUT2D eigenvalue weighted by molar-refractivity contribution is 7.80. The maximum atomic E-state index is 12.6. The zero-order valence-corrected chi connectivity index (χ0v) is 18.8. The molecule has 2 heterocycles. The highest BCUT2D eigenvalue weighted by atomic mass is 35.5. The Morgan fingerprint density at radius 2 is 1.88 bits per heavy atom. The number of amides is 1. The van der Waals surface area contributed by atoms with E-state index >= 15 is 0 Å². The Bertz CT molecular complexity index is 1210. The third kappa shape index (κ3) is 5.30. The summed E-state index contributed by atoms with van der Waals surface area (Å²) in [6.45, 7) is 2.67. The topological polar surface area (TPSA) is 110 Å². The Labute approximate surface area is 199 Å². The van der Waals surface area contributed by atoms with Crippen molar-refractivity contribution in [1.29, 1.82) is 0 Å². The van der Waals surface area contributed by atoms with Crippen molar-refractivity contribution in [1.82, 2.24) is 5.32 Å². The van der Waals surface area contributed by atoms with Crippen molar-refractivity contribution in [2.45, 2.75) is 0 Å². The summed E-state index contributed by atoms with van der Waals surface area (Å²) < 4.78 is 11.0. The molecular weight excluding hydrogens is 468 g/mol. The second-order valence-electron chi connectivity index (χ2n) is 7.11. The molecular formula is C22H19ClN4O5S. The zero-order chi connectivity index (χ0) is 23.4. The van der Waals surface area contributed by atoms with Crippen LogP contribution in [0.4, 0.5) is 17.1 Å². The molecule has 0 saturated carbocycles. The first-order chi connectivity index (χ1) is 15.9. The number of morpholine rings is 1. The Morgan fingerprint density at radius 1 is 1.12 bits per heavy atom. The van der Waals surface area contributed by atoms with Crippen LogP contribution in [-0.2, 0) is 4.74 Å². The lowest BCUT2D eigenvalue weighted by Crippen LogP contribution is -2.38. The van der Waals surface area contributed by atoms with E-state index in [9.17, 15) is 14.9 Å². The van der Waals surface area contributed by atoms with Crippen LogP contribution in [-0.4, -0.2) is 42.2 Å². The molecule has 1 aromatic heterocycles. The quantitative estimate of drug-likeness (QED) is 0.309. The van der Waals surface area contributed by atoms with Gasteiger partial charge in [-0.1, -0.05) is 23.7 Å². The van der Waals surface area contributed by atoms with E-state index in [1.807, 2.05) is 6.07 Å². The number of benzene rings is 2. The van der Waals surface area contributed by atoms with Gasteiger partial charge in [0.1, 0.15) is 5.76 Å². The van der Waals surface area contributed by atoms with Crippen LogP contribution >= 0.6 is 23.8 Å². The minimum absolute atomic E-state index is 0.0354. The molecule has 3 aromatic rings. The third-order valence-corrected chi connectivity index (χ3v) is 5.42. The molecule has 0 aliphatic carbocycles. The molecule has 0 unspecified atom stereocenters. The van der Waals surface area contributed by atoms with Gasteiger partial charge < -0.3 is 19.4 Å². The van der Waals surface area contributed by atoms with Crippen LogP contribution in [0.1, 0.15) is 10.6 Å². The number of nitrogens with one attached hydrogen (secondary N) is 2. The van der Waals surface area contributed by atoms with E-state index in [2.05, 4.69) is 15.5 Å². The fourth-order valence-electron chi connectivity index (χ4n) is 3.45. The number of furan rings is 1. The second-order valence-corrected chi connectivity index (χ2v) is 7.95. The number of para-hydroxylation sites is 1. The number of nitro benzene ring substituents is 1. The van der Waals surface area contributed by atoms with E-state index in [-0.39, 0.29) is 27.9 Å². The molecule has 0 atom stereocenters. The van der Waals surface area contributed by atoms with Gasteiger partial charge in [0, 0.05) is 24.2 Å². The van der Waals surface area contributed by atoms with Crippen molar-refractivity contribution in [3.63, 3.8) is 0 Å². The Kier molecular flexibility index (Phi) is 6.87. The molecule has 11 heteroatoms. The van der Waals surface area contributed by atoms with Crippen molar-refractivity contribution in [2.24, 2.45) is 0 Å². The van der Waals surface area contributed by atoms with Crippen LogP contribution in [0.2, 0.25) is 5.02 Å². The summed E-state index contributed by atoms with van der Waals surface area (Å²) in [5.74, 6) is -0.421.